The number of ether oxygens (including phenoxy) is 3. The summed E-state index contributed by atoms with van der Waals surface area (Å²) in [6.45, 7) is 2.04. The highest BCUT2D eigenvalue weighted by Crippen LogP contribution is 2.40. The monoisotopic (exact) mass is 477 g/mol. The second-order valence-electron chi connectivity index (χ2n) is 8.35. The Morgan fingerprint density at radius 3 is 2.34 bits per heavy atom. The quantitative estimate of drug-likeness (QED) is 0.475. The number of aliphatic hydroxyl groups excluding tert-OH is 2. The van der Waals surface area contributed by atoms with Crippen LogP contribution in [0.15, 0.2) is 60.7 Å². The molecule has 3 N–H and O–H groups in total. The van der Waals surface area contributed by atoms with E-state index < -0.39 is 36.2 Å². The van der Waals surface area contributed by atoms with Crippen LogP contribution >= 0.6 is 0 Å². The molecule has 0 amide bonds. The average Bonchev–Trinajstić information content (AvgIpc) is 3.05. The largest absolute Gasteiger partial charge is 0.486 e. The highest BCUT2D eigenvalue weighted by Gasteiger charge is 2.52. The summed E-state index contributed by atoms with van der Waals surface area (Å²) in [6.07, 6.45) is -4.23. The summed E-state index contributed by atoms with van der Waals surface area (Å²) in [5, 5.41) is 31.4. The Morgan fingerprint density at radius 1 is 0.971 bits per heavy atom. The van der Waals surface area contributed by atoms with Gasteiger partial charge in [0.1, 0.15) is 11.9 Å². The molecule has 1 aromatic heterocycles. The van der Waals surface area contributed by atoms with Gasteiger partial charge in [-0.05, 0) is 37.3 Å². The van der Waals surface area contributed by atoms with Crippen LogP contribution in [-0.4, -0.2) is 51.1 Å². The Balaban J connectivity index is 1.65. The van der Waals surface area contributed by atoms with E-state index in [9.17, 15) is 19.8 Å². The maximum absolute atomic E-state index is 12.6. The first kappa shape index (κ1) is 22.9. The topological polar surface area (TPSA) is 140 Å². The molecule has 10 heteroatoms. The van der Waals surface area contributed by atoms with Crippen molar-refractivity contribution in [1.82, 2.24) is 15.5 Å². The first-order valence-corrected chi connectivity index (χ1v) is 11.1. The molecule has 0 bridgehead atoms. The van der Waals surface area contributed by atoms with Crippen LogP contribution in [0.4, 0.5) is 0 Å². The van der Waals surface area contributed by atoms with Crippen molar-refractivity contribution in [2.24, 2.45) is 0 Å². The summed E-state index contributed by atoms with van der Waals surface area (Å²) in [7, 11) is 0. The number of benzene rings is 2. The number of aromatic nitrogens is 2. The number of hydrogen-bond acceptors (Lipinski definition) is 10. The Bertz CT molecular complexity index is 1230. The fourth-order valence-corrected chi connectivity index (χ4v) is 4.10. The lowest BCUT2D eigenvalue weighted by atomic mass is 9.95. The van der Waals surface area contributed by atoms with Crippen LogP contribution in [0.25, 0.3) is 11.3 Å². The maximum Gasteiger partial charge on any atom is 0.347 e. The molecule has 1 saturated heterocycles. The van der Waals surface area contributed by atoms with Crippen LogP contribution in [0, 0.1) is 6.92 Å². The SMILES string of the molecule is Cc1ccc(-c2ccc3c(c2)C2(NCCC3Oc3ccccc3)OC(=O)C(O)C(O)C(=O)O2)nn1. The van der Waals surface area contributed by atoms with Gasteiger partial charge in [0, 0.05) is 24.1 Å². The molecular formula is C25H23N3O7. The number of fused-ring (bicyclic) bond motifs is 2. The minimum absolute atomic E-state index is 0.221. The Hall–Kier alpha value is -3.86. The number of nitrogens with one attached hydrogen (secondary N) is 1. The van der Waals surface area contributed by atoms with Crippen molar-refractivity contribution in [1.29, 1.82) is 0 Å². The van der Waals surface area contributed by atoms with Crippen LogP contribution in [0.5, 0.6) is 5.75 Å². The van der Waals surface area contributed by atoms with Crippen LogP contribution in [0.1, 0.15) is 29.3 Å². The lowest BCUT2D eigenvalue weighted by Crippen LogP contribution is -2.49. The lowest BCUT2D eigenvalue weighted by molar-refractivity contribution is -0.243. The summed E-state index contributed by atoms with van der Waals surface area (Å²) in [4.78, 5) is 25.1. The van der Waals surface area contributed by atoms with Gasteiger partial charge in [-0.15, -0.1) is 0 Å². The zero-order chi connectivity index (χ0) is 24.6. The summed E-state index contributed by atoms with van der Waals surface area (Å²) < 4.78 is 17.3. The Morgan fingerprint density at radius 2 is 1.69 bits per heavy atom. The number of carbonyl (C=O) groups is 2. The molecule has 35 heavy (non-hydrogen) atoms. The number of nitrogens with zero attached hydrogens (tertiary/aromatic N) is 2. The zero-order valence-electron chi connectivity index (χ0n) is 18.7. The molecule has 0 saturated carbocycles. The van der Waals surface area contributed by atoms with Crippen LogP contribution in [0.2, 0.25) is 0 Å². The summed E-state index contributed by atoms with van der Waals surface area (Å²) >= 11 is 0. The molecule has 180 valence electrons. The molecule has 5 rings (SSSR count). The molecule has 3 aromatic rings. The van der Waals surface area contributed by atoms with Crippen LogP contribution in [-0.2, 0) is 25.0 Å². The van der Waals surface area contributed by atoms with Gasteiger partial charge in [0.15, 0.2) is 12.2 Å². The molecule has 2 aromatic carbocycles. The first-order valence-electron chi connectivity index (χ1n) is 11.1. The molecule has 1 fully saturated rings. The molecule has 3 unspecified atom stereocenters. The van der Waals surface area contributed by atoms with Gasteiger partial charge in [-0.2, -0.15) is 10.2 Å². The highest BCUT2D eigenvalue weighted by molar-refractivity contribution is 5.87. The van der Waals surface area contributed by atoms with Crippen molar-refractivity contribution >= 4 is 11.9 Å². The van der Waals surface area contributed by atoms with Gasteiger partial charge in [-0.3, -0.25) is 0 Å². The molecule has 0 aliphatic carbocycles. The second-order valence-corrected chi connectivity index (χ2v) is 8.35. The molecule has 0 radical (unpaired) electrons. The third-order valence-corrected chi connectivity index (χ3v) is 5.90. The first-order chi connectivity index (χ1) is 16.9. The predicted molar refractivity (Wildman–Crippen MR) is 121 cm³/mol. The zero-order valence-corrected chi connectivity index (χ0v) is 18.7. The van der Waals surface area contributed by atoms with E-state index in [1.54, 1.807) is 18.2 Å². The van der Waals surface area contributed by atoms with Crippen molar-refractivity contribution in [2.75, 3.05) is 6.54 Å². The van der Waals surface area contributed by atoms with Gasteiger partial charge in [0.05, 0.1) is 17.0 Å². The molecule has 2 aliphatic rings. The van der Waals surface area contributed by atoms with Crippen molar-refractivity contribution in [3.05, 3.63) is 77.5 Å². The van der Waals surface area contributed by atoms with Crippen LogP contribution < -0.4 is 10.1 Å². The van der Waals surface area contributed by atoms with Gasteiger partial charge < -0.3 is 24.4 Å². The number of esters is 2. The van der Waals surface area contributed by atoms with Crippen LogP contribution in [0.3, 0.4) is 0 Å². The van der Waals surface area contributed by atoms with Gasteiger partial charge in [-0.25, -0.2) is 14.9 Å². The molecule has 10 nitrogen and oxygen atoms in total. The molecule has 3 heterocycles. The van der Waals surface area contributed by atoms with Crippen molar-refractivity contribution in [3.8, 4) is 17.0 Å². The van der Waals surface area contributed by atoms with Gasteiger partial charge in [0.25, 0.3) is 0 Å². The number of aliphatic hydroxyl groups is 2. The third kappa shape index (κ3) is 4.34. The molecule has 2 aliphatic heterocycles. The van der Waals surface area contributed by atoms with E-state index in [-0.39, 0.29) is 12.1 Å². The van der Waals surface area contributed by atoms with E-state index in [2.05, 4.69) is 15.5 Å². The van der Waals surface area contributed by atoms with Crippen molar-refractivity contribution in [3.63, 3.8) is 0 Å². The van der Waals surface area contributed by atoms with E-state index >= 15 is 0 Å². The Kier molecular flexibility index (Phi) is 5.93. The average molecular weight is 477 g/mol. The minimum Gasteiger partial charge on any atom is -0.486 e. The third-order valence-electron chi connectivity index (χ3n) is 5.90. The van der Waals surface area contributed by atoms with E-state index in [1.165, 1.54) is 0 Å². The minimum atomic E-state index is -2.09. The number of para-hydroxylation sites is 1. The lowest BCUT2D eigenvalue weighted by Gasteiger charge is -2.32. The molecule has 3 atom stereocenters. The van der Waals surface area contributed by atoms with Gasteiger partial charge >= 0.3 is 17.8 Å². The van der Waals surface area contributed by atoms with Crippen molar-refractivity contribution < 1.29 is 34.0 Å². The number of carbonyl (C=O) groups excluding carboxylic acids is 2. The number of aryl methyl sites for hydroxylation is 1. The summed E-state index contributed by atoms with van der Waals surface area (Å²) in [6, 6.07) is 18.1. The van der Waals surface area contributed by atoms with Gasteiger partial charge in [-0.1, -0.05) is 30.3 Å². The van der Waals surface area contributed by atoms with E-state index in [1.807, 2.05) is 49.4 Å². The standard InChI is InChI=1S/C25H23N3O7/c1-14-7-10-19(28-27-14)15-8-9-17-18(13-15)25(34-23(31)21(29)22(30)24(32)35-25)26-12-11-20(17)33-16-5-3-2-4-6-16/h2-10,13,20-22,26,29-30H,11-12H2,1H3. The smallest absolute Gasteiger partial charge is 0.347 e. The fraction of sp³-hybridized carbons (Fsp3) is 0.280. The second kappa shape index (κ2) is 9.06. The number of hydrogen-bond donors (Lipinski definition) is 3. The molecule has 1 spiro atoms. The Labute approximate surface area is 200 Å². The van der Waals surface area contributed by atoms with Crippen molar-refractivity contribution in [2.45, 2.75) is 37.6 Å². The molecular weight excluding hydrogens is 454 g/mol. The summed E-state index contributed by atoms with van der Waals surface area (Å²) in [5.41, 5.74) is 2.78. The predicted octanol–water partition coefficient (Wildman–Crippen LogP) is 1.50. The number of rotatable bonds is 3. The fourth-order valence-electron chi connectivity index (χ4n) is 4.10. The van der Waals surface area contributed by atoms with E-state index in [4.69, 9.17) is 14.2 Å². The van der Waals surface area contributed by atoms with E-state index in [0.717, 1.165) is 5.69 Å². The maximum atomic E-state index is 12.6. The van der Waals surface area contributed by atoms with E-state index in [0.29, 0.717) is 29.0 Å². The normalized spacial score (nSPS) is 26.2. The summed E-state index contributed by atoms with van der Waals surface area (Å²) in [5.74, 6) is -3.87. The van der Waals surface area contributed by atoms with Gasteiger partial charge in [0.2, 0.25) is 0 Å². The highest BCUT2D eigenvalue weighted by atomic mass is 16.8.